The van der Waals surface area contributed by atoms with E-state index in [4.69, 9.17) is 4.74 Å². The van der Waals surface area contributed by atoms with Crippen LogP contribution in [-0.4, -0.2) is 51.2 Å². The molecule has 1 atom stereocenters. The van der Waals surface area contributed by atoms with Crippen LogP contribution in [0, 0.1) is 0 Å². The first-order valence-electron chi connectivity index (χ1n) is 7.80. The third kappa shape index (κ3) is 3.40. The van der Waals surface area contributed by atoms with Gasteiger partial charge in [0.05, 0.1) is 25.4 Å². The molecule has 2 aliphatic heterocycles. The molecule has 5 nitrogen and oxygen atoms in total. The molecule has 3 heterocycles. The molecule has 1 saturated heterocycles. The highest BCUT2D eigenvalue weighted by Crippen LogP contribution is 2.35. The number of fused-ring (bicyclic) bond motifs is 3. The average molecular weight is 353 g/mol. The van der Waals surface area contributed by atoms with Gasteiger partial charge in [0.15, 0.2) is 5.82 Å². The maximum absolute atomic E-state index is 5.43. The molecule has 0 radical (unpaired) electrons. The second kappa shape index (κ2) is 7.21. The van der Waals surface area contributed by atoms with E-state index < -0.39 is 0 Å². The second-order valence-electron chi connectivity index (χ2n) is 5.86. The fourth-order valence-corrected chi connectivity index (χ4v) is 4.19. The molecule has 7 heteroatoms. The van der Waals surface area contributed by atoms with E-state index in [1.807, 2.05) is 11.8 Å². The van der Waals surface area contributed by atoms with Gasteiger partial charge in [0.25, 0.3) is 0 Å². The molecule has 1 unspecified atom stereocenters. The van der Waals surface area contributed by atoms with E-state index in [1.54, 1.807) is 0 Å². The van der Waals surface area contributed by atoms with Crippen molar-refractivity contribution in [2.45, 2.75) is 30.0 Å². The van der Waals surface area contributed by atoms with E-state index >= 15 is 0 Å². The molecule has 0 amide bonds. The quantitative estimate of drug-likeness (QED) is 0.831. The molecule has 1 aromatic carbocycles. The molecule has 0 saturated carbocycles. The van der Waals surface area contributed by atoms with Crippen molar-refractivity contribution in [2.75, 3.05) is 26.3 Å². The largest absolute Gasteiger partial charge is 0.379 e. The van der Waals surface area contributed by atoms with Gasteiger partial charge in [-0.15, -0.1) is 34.4 Å². The van der Waals surface area contributed by atoms with Crippen LogP contribution >= 0.6 is 24.2 Å². The molecule has 0 N–H and O–H groups in total. The van der Waals surface area contributed by atoms with Crippen LogP contribution in [0.5, 0.6) is 0 Å². The number of para-hydroxylation sites is 1. The number of ether oxygens (including phenoxy) is 1. The van der Waals surface area contributed by atoms with E-state index in [2.05, 4.69) is 50.9 Å². The molecular formula is C16H21ClN4OS. The Hall–Kier alpha value is -1.08. The highest BCUT2D eigenvalue weighted by atomic mass is 35.5. The van der Waals surface area contributed by atoms with E-state index in [9.17, 15) is 0 Å². The predicted octanol–water partition coefficient (Wildman–Crippen LogP) is 2.56. The average Bonchev–Trinajstić information content (AvgIpc) is 2.84. The minimum atomic E-state index is 0. The molecule has 2 aliphatic rings. The highest BCUT2D eigenvalue weighted by Gasteiger charge is 2.24. The van der Waals surface area contributed by atoms with Crippen LogP contribution in [-0.2, 0) is 17.7 Å². The summed E-state index contributed by atoms with van der Waals surface area (Å²) in [6.07, 6.45) is 0.954. The Morgan fingerprint density at radius 1 is 1.22 bits per heavy atom. The number of benzene rings is 1. The van der Waals surface area contributed by atoms with Crippen molar-refractivity contribution in [3.8, 4) is 5.69 Å². The van der Waals surface area contributed by atoms with E-state index in [-0.39, 0.29) is 12.4 Å². The van der Waals surface area contributed by atoms with Crippen LogP contribution in [0.1, 0.15) is 18.6 Å². The minimum Gasteiger partial charge on any atom is -0.379 e. The molecule has 23 heavy (non-hydrogen) atoms. The Balaban J connectivity index is 0.00000156. The Kier molecular flexibility index (Phi) is 5.26. The first kappa shape index (κ1) is 16.8. The molecule has 124 valence electrons. The Labute approximate surface area is 146 Å². The van der Waals surface area contributed by atoms with Crippen LogP contribution in [0.4, 0.5) is 0 Å². The molecule has 2 aromatic rings. The lowest BCUT2D eigenvalue weighted by Gasteiger charge is -2.26. The summed E-state index contributed by atoms with van der Waals surface area (Å²) >= 11 is 1.93. The van der Waals surface area contributed by atoms with E-state index in [0.717, 1.165) is 50.9 Å². The molecule has 4 rings (SSSR count). The van der Waals surface area contributed by atoms with Crippen molar-refractivity contribution in [2.24, 2.45) is 0 Å². The van der Waals surface area contributed by atoms with Crippen LogP contribution in [0.15, 0.2) is 29.2 Å². The molecule has 0 bridgehead atoms. The number of hydrogen-bond donors (Lipinski definition) is 0. The van der Waals surface area contributed by atoms with Gasteiger partial charge in [-0.3, -0.25) is 9.47 Å². The monoisotopic (exact) mass is 352 g/mol. The topological polar surface area (TPSA) is 43.2 Å². The van der Waals surface area contributed by atoms with Gasteiger partial charge in [-0.25, -0.2) is 0 Å². The van der Waals surface area contributed by atoms with Gasteiger partial charge >= 0.3 is 0 Å². The van der Waals surface area contributed by atoms with Gasteiger partial charge in [-0.05, 0) is 12.1 Å². The van der Waals surface area contributed by atoms with Crippen LogP contribution in [0.2, 0.25) is 0 Å². The zero-order valence-electron chi connectivity index (χ0n) is 13.1. The summed E-state index contributed by atoms with van der Waals surface area (Å²) < 4.78 is 7.70. The van der Waals surface area contributed by atoms with Gasteiger partial charge in [0.2, 0.25) is 0 Å². The van der Waals surface area contributed by atoms with Gasteiger partial charge in [0.1, 0.15) is 5.82 Å². The fourth-order valence-electron chi connectivity index (χ4n) is 3.08. The molecular weight excluding hydrogens is 332 g/mol. The van der Waals surface area contributed by atoms with Gasteiger partial charge in [-0.2, -0.15) is 0 Å². The fraction of sp³-hybridized carbons (Fsp3) is 0.500. The van der Waals surface area contributed by atoms with Crippen molar-refractivity contribution in [3.63, 3.8) is 0 Å². The normalized spacial score (nSPS) is 21.0. The third-order valence-electron chi connectivity index (χ3n) is 4.17. The van der Waals surface area contributed by atoms with Crippen molar-refractivity contribution < 1.29 is 4.74 Å². The maximum atomic E-state index is 5.43. The van der Waals surface area contributed by atoms with Crippen molar-refractivity contribution >= 4 is 24.2 Å². The first-order valence-corrected chi connectivity index (χ1v) is 8.68. The standard InChI is InChI=1S/C16H20N4OS.ClH/c1-12-10-15-17-18-16(11-19-6-8-21-9-7-19)20(15)13-4-2-3-5-14(13)22-12;/h2-5,12H,6-11H2,1H3;1H. The van der Waals surface area contributed by atoms with Crippen LogP contribution in [0.3, 0.4) is 0 Å². The van der Waals surface area contributed by atoms with Crippen molar-refractivity contribution in [1.29, 1.82) is 0 Å². The SMILES string of the molecule is CC1Cc2nnc(CN3CCOCC3)n2-c2ccccc2S1.Cl. The van der Waals surface area contributed by atoms with E-state index in [0.29, 0.717) is 5.25 Å². The lowest BCUT2D eigenvalue weighted by molar-refractivity contribution is 0.0328. The van der Waals surface area contributed by atoms with Crippen molar-refractivity contribution in [1.82, 2.24) is 19.7 Å². The number of thioether (sulfide) groups is 1. The maximum Gasteiger partial charge on any atom is 0.151 e. The summed E-state index contributed by atoms with van der Waals surface area (Å²) in [7, 11) is 0. The number of morpholine rings is 1. The van der Waals surface area contributed by atoms with Gasteiger partial charge in [0, 0.05) is 29.7 Å². The zero-order chi connectivity index (χ0) is 14.9. The summed E-state index contributed by atoms with van der Waals surface area (Å²) in [4.78, 5) is 3.71. The van der Waals surface area contributed by atoms with Gasteiger partial charge in [-0.1, -0.05) is 19.1 Å². The van der Waals surface area contributed by atoms with Crippen molar-refractivity contribution in [3.05, 3.63) is 35.9 Å². The first-order chi connectivity index (χ1) is 10.8. The summed E-state index contributed by atoms with van der Waals surface area (Å²) in [5, 5.41) is 9.48. The summed E-state index contributed by atoms with van der Waals surface area (Å²) in [6.45, 7) is 6.65. The number of aromatic nitrogens is 3. The number of nitrogens with zero attached hydrogens (tertiary/aromatic N) is 4. The molecule has 0 aliphatic carbocycles. The summed E-state index contributed by atoms with van der Waals surface area (Å²) in [6, 6.07) is 8.58. The third-order valence-corrected chi connectivity index (χ3v) is 5.34. The summed E-state index contributed by atoms with van der Waals surface area (Å²) in [5.74, 6) is 2.12. The predicted molar refractivity (Wildman–Crippen MR) is 93.7 cm³/mol. The van der Waals surface area contributed by atoms with Gasteiger partial charge < -0.3 is 4.74 Å². The minimum absolute atomic E-state index is 0. The smallest absolute Gasteiger partial charge is 0.151 e. The van der Waals surface area contributed by atoms with Crippen LogP contribution in [0.25, 0.3) is 5.69 Å². The Bertz CT molecular complexity index is 672. The summed E-state index contributed by atoms with van der Waals surface area (Å²) in [5.41, 5.74) is 1.22. The number of halogens is 1. The van der Waals surface area contributed by atoms with E-state index in [1.165, 1.54) is 10.6 Å². The molecule has 0 spiro atoms. The zero-order valence-corrected chi connectivity index (χ0v) is 14.8. The lowest BCUT2D eigenvalue weighted by Crippen LogP contribution is -2.36. The van der Waals surface area contributed by atoms with Crippen LogP contribution < -0.4 is 0 Å². The molecule has 1 aromatic heterocycles. The molecule has 1 fully saturated rings. The Morgan fingerprint density at radius 3 is 2.83 bits per heavy atom. The highest BCUT2D eigenvalue weighted by molar-refractivity contribution is 8.00. The number of rotatable bonds is 2. The Morgan fingerprint density at radius 2 is 2.00 bits per heavy atom. The second-order valence-corrected chi connectivity index (χ2v) is 7.34. The number of hydrogen-bond acceptors (Lipinski definition) is 5. The lowest BCUT2D eigenvalue weighted by atomic mass is 10.2.